The number of hydrogen-bond donors (Lipinski definition) is 0. The van der Waals surface area contributed by atoms with Crippen molar-refractivity contribution < 1.29 is 0 Å². The second kappa shape index (κ2) is 11.6. The van der Waals surface area contributed by atoms with Crippen LogP contribution in [0.5, 0.6) is 0 Å². The smallest absolute Gasteiger partial charge is 0.000627 e. The molecule has 0 amide bonds. The maximum atomic E-state index is 5.97. The molecule has 0 radical (unpaired) electrons. The van der Waals surface area contributed by atoms with Crippen molar-refractivity contribution in [3.05, 3.63) is 10.6 Å². The van der Waals surface area contributed by atoms with Gasteiger partial charge in [-0.15, -0.1) is 0 Å². The normalized spacial score (nSPS) is 17.6. The third kappa shape index (κ3) is 13.0. The predicted molar refractivity (Wildman–Crippen MR) is 163 cm³/mol. The molecule has 28 heavy (non-hydrogen) atoms. The molecule has 0 atom stereocenters. The summed E-state index contributed by atoms with van der Waals surface area (Å²) in [5.41, 5.74) is 0. The number of rotatable bonds is 10. The Balaban J connectivity index is 3.48. The van der Waals surface area contributed by atoms with Crippen LogP contribution in [-0.2, 0) is 47.2 Å². The van der Waals surface area contributed by atoms with Gasteiger partial charge in [-0.3, -0.25) is 0 Å². The van der Waals surface area contributed by atoms with Crippen LogP contribution >= 0.6 is 40.0 Å². The minimum atomic E-state index is -1.23. The van der Waals surface area contributed by atoms with Gasteiger partial charge >= 0.3 is 0 Å². The van der Waals surface area contributed by atoms with E-state index in [2.05, 4.69) is 53.3 Å². The maximum absolute atomic E-state index is 5.97. The van der Waals surface area contributed by atoms with Gasteiger partial charge in [0.15, 0.2) is 0 Å². The summed E-state index contributed by atoms with van der Waals surface area (Å²) in [7, 11) is -0.334. The highest BCUT2D eigenvalue weighted by atomic mass is 32.5. The van der Waals surface area contributed by atoms with Gasteiger partial charge < -0.3 is 0 Å². The first kappa shape index (κ1) is 29.2. The van der Waals surface area contributed by atoms with Crippen LogP contribution in [0, 0.1) is 0 Å². The van der Waals surface area contributed by atoms with Crippen molar-refractivity contribution in [2.24, 2.45) is 0 Å². The fraction of sp³-hybridized carbons (Fsp3) is 0.889. The summed E-state index contributed by atoms with van der Waals surface area (Å²) in [5, 5.41) is 3.69. The molecule has 166 valence electrons. The Morgan fingerprint density at radius 1 is 0.536 bits per heavy atom. The van der Waals surface area contributed by atoms with Crippen LogP contribution in [0.4, 0.5) is 0 Å². The lowest BCUT2D eigenvalue weighted by Crippen LogP contribution is -2.06. The number of hydrogen-bond acceptors (Lipinski definition) is 4. The first-order valence-electron chi connectivity index (χ1n) is 9.74. The SMILES string of the molecule is CP(C)(=S)CP(CP(C)(C)=S)C1=C(P(CP(C)(C)=S)CP(C)(C)=S)CCCC1. The van der Waals surface area contributed by atoms with E-state index in [0.29, 0.717) is 0 Å². The largest absolute Gasteiger partial charge is 0.0977 e. The van der Waals surface area contributed by atoms with E-state index in [4.69, 9.17) is 47.2 Å². The van der Waals surface area contributed by atoms with Crippen LogP contribution in [0.1, 0.15) is 25.7 Å². The Kier molecular flexibility index (Phi) is 12.1. The summed E-state index contributed by atoms with van der Waals surface area (Å²) in [6.07, 6.45) is 5.31. The quantitative estimate of drug-likeness (QED) is 0.241. The van der Waals surface area contributed by atoms with Crippen molar-refractivity contribution in [1.29, 1.82) is 0 Å². The van der Waals surface area contributed by atoms with Crippen molar-refractivity contribution in [3.63, 3.8) is 0 Å². The van der Waals surface area contributed by atoms with E-state index in [1.165, 1.54) is 49.3 Å². The third-order valence-electron chi connectivity index (χ3n) is 4.22. The first-order valence-corrected chi connectivity index (χ1v) is 28.7. The molecule has 0 nitrogen and oxygen atoms in total. The van der Waals surface area contributed by atoms with Gasteiger partial charge in [0.1, 0.15) is 0 Å². The van der Waals surface area contributed by atoms with E-state index in [-0.39, 0.29) is 15.8 Å². The van der Waals surface area contributed by atoms with E-state index in [9.17, 15) is 0 Å². The predicted octanol–water partition coefficient (Wildman–Crippen LogP) is 8.52. The molecule has 0 spiro atoms. The van der Waals surface area contributed by atoms with Crippen molar-refractivity contribution in [3.8, 4) is 0 Å². The molecule has 0 saturated carbocycles. The van der Waals surface area contributed by atoms with Crippen LogP contribution in [0.2, 0.25) is 0 Å². The van der Waals surface area contributed by atoms with E-state index < -0.39 is 24.2 Å². The van der Waals surface area contributed by atoms with Gasteiger partial charge in [-0.1, -0.05) is 63.1 Å². The minimum absolute atomic E-state index is 0.167. The lowest BCUT2D eigenvalue weighted by atomic mass is 10.1. The lowest BCUT2D eigenvalue weighted by Gasteiger charge is -2.36. The molecule has 0 heterocycles. The molecule has 1 aliphatic rings. The first-order chi connectivity index (χ1) is 12.4. The summed E-state index contributed by atoms with van der Waals surface area (Å²) >= 11 is 23.9. The molecule has 0 aromatic carbocycles. The summed E-state index contributed by atoms with van der Waals surface area (Å²) < 4.78 is 0. The summed E-state index contributed by atoms with van der Waals surface area (Å²) in [4.78, 5) is 0. The summed E-state index contributed by atoms with van der Waals surface area (Å²) in [6, 6.07) is -4.94. The highest BCUT2D eigenvalue weighted by Gasteiger charge is 2.30. The number of allylic oxidation sites excluding steroid dienone is 2. The molecule has 0 aromatic heterocycles. The summed E-state index contributed by atoms with van der Waals surface area (Å²) in [5.74, 6) is 5.05. The van der Waals surface area contributed by atoms with Gasteiger partial charge in [-0.25, -0.2) is 0 Å². The monoisotopic (exact) mass is 570 g/mol. The topological polar surface area (TPSA) is 0 Å². The molecule has 1 rings (SSSR count). The molecular weight excluding hydrogens is 530 g/mol. The Morgan fingerprint density at radius 3 is 0.929 bits per heavy atom. The average Bonchev–Trinajstić information content (AvgIpc) is 2.39. The highest BCUT2D eigenvalue weighted by molar-refractivity contribution is 8.20. The molecular formula is C18H40P6S4. The van der Waals surface area contributed by atoms with Crippen LogP contribution in [0.25, 0.3) is 0 Å². The zero-order chi connectivity index (χ0) is 22.0. The molecule has 0 fully saturated rings. The Labute approximate surface area is 199 Å². The van der Waals surface area contributed by atoms with Gasteiger partial charge in [-0.05, 0) is 114 Å². The zero-order valence-corrected chi connectivity index (χ0v) is 27.6. The molecule has 0 unspecified atom stereocenters. The van der Waals surface area contributed by atoms with Gasteiger partial charge in [-0.2, -0.15) is 0 Å². The van der Waals surface area contributed by atoms with Gasteiger partial charge in [0.25, 0.3) is 0 Å². The average molecular weight is 571 g/mol. The second-order valence-electron chi connectivity index (χ2n) is 10.0. The molecule has 0 saturated heterocycles. The molecule has 0 aliphatic heterocycles. The fourth-order valence-corrected chi connectivity index (χ4v) is 29.6. The molecule has 0 bridgehead atoms. The maximum Gasteiger partial charge on any atom is 0.000627 e. The molecule has 1 aliphatic carbocycles. The Hall–Kier alpha value is 3.20. The van der Waals surface area contributed by atoms with Crippen molar-refractivity contribution in [1.82, 2.24) is 0 Å². The van der Waals surface area contributed by atoms with Crippen molar-refractivity contribution in [2.75, 3.05) is 76.9 Å². The Bertz CT molecular complexity index is 651. The second-order valence-corrected chi connectivity index (χ2v) is 42.3. The van der Waals surface area contributed by atoms with Crippen LogP contribution < -0.4 is 0 Å². The van der Waals surface area contributed by atoms with E-state index in [0.717, 1.165) is 0 Å². The fourth-order valence-electron chi connectivity index (χ4n) is 3.63. The van der Waals surface area contributed by atoms with E-state index >= 15 is 0 Å². The zero-order valence-electron chi connectivity index (χ0n) is 19.0. The van der Waals surface area contributed by atoms with Crippen LogP contribution in [-0.4, -0.2) is 76.9 Å². The van der Waals surface area contributed by atoms with E-state index in [1.54, 1.807) is 0 Å². The van der Waals surface area contributed by atoms with Gasteiger partial charge in [0.05, 0.1) is 0 Å². The van der Waals surface area contributed by atoms with Crippen LogP contribution in [0.3, 0.4) is 0 Å². The third-order valence-corrected chi connectivity index (χ3v) is 27.4. The Morgan fingerprint density at radius 2 is 0.750 bits per heavy atom. The van der Waals surface area contributed by atoms with Crippen molar-refractivity contribution >= 4 is 87.2 Å². The lowest BCUT2D eigenvalue weighted by molar-refractivity contribution is 0.713. The minimum Gasteiger partial charge on any atom is -0.0977 e. The van der Waals surface area contributed by atoms with Gasteiger partial charge in [0.2, 0.25) is 0 Å². The molecule has 0 aromatic rings. The van der Waals surface area contributed by atoms with Gasteiger partial charge in [0, 0.05) is 23.6 Å². The van der Waals surface area contributed by atoms with Crippen LogP contribution in [0.15, 0.2) is 10.6 Å². The van der Waals surface area contributed by atoms with Crippen molar-refractivity contribution in [2.45, 2.75) is 25.7 Å². The summed E-state index contributed by atoms with van der Waals surface area (Å²) in [6.45, 7) is 18.7. The molecule has 10 heteroatoms. The molecule has 0 N–H and O–H groups in total. The highest BCUT2D eigenvalue weighted by Crippen LogP contribution is 2.71. The standard InChI is InChI=1S/C18H40P6S4/c1-21(2,25)13-19(14-22(3,4)26)17-11-9-10-12-18(17)20(15-23(5,6)27)16-24(7,8)28/h9-16H2,1-8H3. The van der Waals surface area contributed by atoms with E-state index in [1.807, 2.05) is 10.6 Å².